The van der Waals surface area contributed by atoms with Gasteiger partial charge in [-0.25, -0.2) is 0 Å². The summed E-state index contributed by atoms with van der Waals surface area (Å²) in [6.07, 6.45) is 0. The topological polar surface area (TPSA) is 0 Å². The fourth-order valence-electron chi connectivity index (χ4n) is 0. The van der Waals surface area contributed by atoms with Crippen molar-refractivity contribution in [2.75, 3.05) is 0 Å². The van der Waals surface area contributed by atoms with Crippen LogP contribution in [0.4, 0.5) is 0 Å². The zero-order valence-corrected chi connectivity index (χ0v) is 11.9. The Bertz CT molecular complexity index is 3.25. The first kappa shape index (κ1) is 25.1. The van der Waals surface area contributed by atoms with Crippen LogP contribution in [0, 0.1) is 41.7 Å². The molecule has 0 nitrogen and oxygen atoms in total. The molecule has 0 atom stereocenters. The van der Waals surface area contributed by atoms with Crippen LogP contribution < -0.4 is 0 Å². The van der Waals surface area contributed by atoms with Crippen LogP contribution >= 0.6 is 0 Å². The van der Waals surface area contributed by atoms with E-state index in [1.165, 1.54) is 0 Å². The van der Waals surface area contributed by atoms with E-state index in [1.54, 1.807) is 0 Å². The minimum atomic E-state index is 0. The molecule has 0 unspecified atom stereocenters. The maximum Gasteiger partial charge on any atom is 0 e. The summed E-state index contributed by atoms with van der Waals surface area (Å²) in [6.45, 7) is 0. The summed E-state index contributed by atoms with van der Waals surface area (Å²) < 4.78 is 0. The van der Waals surface area contributed by atoms with Crippen molar-refractivity contribution in [2.24, 2.45) is 0 Å². The zero-order chi connectivity index (χ0) is 0. The molecule has 0 N–H and O–H groups in total. The van der Waals surface area contributed by atoms with Gasteiger partial charge in [-0.3, -0.25) is 0 Å². The van der Waals surface area contributed by atoms with E-state index < -0.39 is 0 Å². The van der Waals surface area contributed by atoms with Crippen molar-refractivity contribution < 1.29 is 41.7 Å². The molecule has 0 saturated carbocycles. The monoisotopic (exact) mass is 530 g/mol. The van der Waals surface area contributed by atoms with Gasteiger partial charge < -0.3 is 0 Å². The van der Waals surface area contributed by atoms with Crippen LogP contribution in [-0.2, 0) is 0 Å². The van der Waals surface area contributed by atoms with Gasteiger partial charge in [-0.2, -0.15) is 0 Å². The van der Waals surface area contributed by atoms with E-state index in [0.717, 1.165) is 0 Å². The molecule has 6 radical (unpaired) electrons. The van der Waals surface area contributed by atoms with E-state index in [4.69, 9.17) is 0 Å². The number of rotatable bonds is 0. The molecule has 4 heavy (non-hydrogen) atoms. The molecule has 0 aliphatic carbocycles. The van der Waals surface area contributed by atoms with Gasteiger partial charge in [0.05, 0.1) is 0 Å². The number of hydrogen-bond donors (Lipinski definition) is 0. The molecule has 0 aromatic rings. The first-order valence-corrected chi connectivity index (χ1v) is 0. The van der Waals surface area contributed by atoms with Crippen LogP contribution in [0.15, 0.2) is 0 Å². The molecule has 0 saturated heterocycles. The Balaban J connectivity index is 0. The first-order chi connectivity index (χ1) is 0. The van der Waals surface area contributed by atoms with Crippen LogP contribution in [0.5, 0.6) is 0 Å². The zero-order valence-electron chi connectivity index (χ0n) is 1.72. The van der Waals surface area contributed by atoms with E-state index in [1.807, 2.05) is 0 Å². The van der Waals surface area contributed by atoms with E-state index in [9.17, 15) is 0 Å². The summed E-state index contributed by atoms with van der Waals surface area (Å²) in [5.41, 5.74) is 0. The second kappa shape index (κ2) is 15.9. The third-order valence-electron chi connectivity index (χ3n) is 0. The van der Waals surface area contributed by atoms with Crippen molar-refractivity contribution in [2.45, 2.75) is 0 Å². The van der Waals surface area contributed by atoms with Gasteiger partial charge in [0.25, 0.3) is 0 Å². The normalized spacial score (nSPS) is 0. The molecule has 0 aromatic heterocycles. The molecule has 0 rings (SSSR count). The van der Waals surface area contributed by atoms with E-state index in [2.05, 4.69) is 0 Å². The van der Waals surface area contributed by atoms with Crippen LogP contribution in [0.1, 0.15) is 0 Å². The Kier molecular flexibility index (Phi) is 99.7. The summed E-state index contributed by atoms with van der Waals surface area (Å²) in [4.78, 5) is 0. The van der Waals surface area contributed by atoms with Gasteiger partial charge >= 0.3 is 0 Å². The van der Waals surface area contributed by atoms with Crippen LogP contribution in [0.25, 0.3) is 0 Å². The Hall–Kier alpha value is 3.75. The summed E-state index contributed by atoms with van der Waals surface area (Å²) >= 11 is 0. The second-order valence-corrected chi connectivity index (χ2v) is 0. The van der Waals surface area contributed by atoms with Gasteiger partial charge in [-0.1, -0.05) is 0 Å². The molecular weight excluding hydrogens is 523 g/mol. The third kappa shape index (κ3) is 9.22. The minimum absolute atomic E-state index is 0. The molecule has 0 aliphatic rings. The van der Waals surface area contributed by atoms with Gasteiger partial charge in [0.2, 0.25) is 0 Å². The average Bonchev–Trinajstić information content (AvgIpc) is 0. The second-order valence-electron chi connectivity index (χ2n) is 0. The molecule has 0 bridgehead atoms. The molecule has 22 valence electrons. The van der Waals surface area contributed by atoms with Gasteiger partial charge in [0.1, 0.15) is 0 Å². The fourth-order valence-corrected chi connectivity index (χ4v) is 0. The van der Waals surface area contributed by atoms with E-state index in [0.29, 0.717) is 0 Å². The fraction of sp³-hybridized carbons (Fsp3) is 0. The van der Waals surface area contributed by atoms with Crippen LogP contribution in [0.3, 0.4) is 0 Å². The Labute approximate surface area is 110 Å². The smallest absolute Gasteiger partial charge is 0 e. The maximum absolute atomic E-state index is 0. The third-order valence-corrected chi connectivity index (χ3v) is 0. The van der Waals surface area contributed by atoms with Gasteiger partial charge in [-0.15, -0.1) is 0 Å². The maximum atomic E-state index is 0. The molecule has 0 fully saturated rings. The molecular formula is CeTe3. The number of hydrogen-bond acceptors (Lipinski definition) is 0. The summed E-state index contributed by atoms with van der Waals surface area (Å²) in [7, 11) is 0. The van der Waals surface area contributed by atoms with Gasteiger partial charge in [0.15, 0.2) is 0 Å². The van der Waals surface area contributed by atoms with Crippen molar-refractivity contribution in [1.82, 2.24) is 0 Å². The Morgan fingerprint density at radius 1 is 0.500 bits per heavy atom. The van der Waals surface area contributed by atoms with Crippen LogP contribution in [-0.4, -0.2) is 71.0 Å². The standard InChI is InChI=1S/Ce.3Te. The minimum Gasteiger partial charge on any atom is 0 e. The summed E-state index contributed by atoms with van der Waals surface area (Å²) in [5.74, 6) is 0. The van der Waals surface area contributed by atoms with Crippen LogP contribution in [0.2, 0.25) is 0 Å². The van der Waals surface area contributed by atoms with Gasteiger partial charge in [0, 0.05) is 113 Å². The largest absolute Gasteiger partial charge is 0 e. The molecule has 4 heteroatoms. The van der Waals surface area contributed by atoms with Crippen molar-refractivity contribution in [3.63, 3.8) is 0 Å². The molecule has 0 amide bonds. The summed E-state index contributed by atoms with van der Waals surface area (Å²) in [6, 6.07) is 0. The predicted molar refractivity (Wildman–Crippen MR) is 17.3 cm³/mol. The van der Waals surface area contributed by atoms with Crippen molar-refractivity contribution in [3.05, 3.63) is 0 Å². The molecule has 0 heterocycles. The molecule has 0 aliphatic heterocycles. The van der Waals surface area contributed by atoms with Crippen molar-refractivity contribution >= 4 is 71.0 Å². The Morgan fingerprint density at radius 2 is 0.500 bits per heavy atom. The van der Waals surface area contributed by atoms with Gasteiger partial charge in [-0.05, 0) is 0 Å². The molecule has 0 aromatic carbocycles. The van der Waals surface area contributed by atoms with E-state index >= 15 is 0 Å². The first-order valence-electron chi connectivity index (χ1n) is 0. The summed E-state index contributed by atoms with van der Waals surface area (Å²) in [5, 5.41) is 0. The molecule has 0 spiro atoms. The quantitative estimate of drug-likeness (QED) is 0.353. The van der Waals surface area contributed by atoms with Crippen molar-refractivity contribution in [3.8, 4) is 0 Å². The average molecular weight is 523 g/mol. The Morgan fingerprint density at radius 3 is 0.500 bits per heavy atom. The van der Waals surface area contributed by atoms with Crippen molar-refractivity contribution in [1.29, 1.82) is 0 Å². The van der Waals surface area contributed by atoms with E-state index in [-0.39, 0.29) is 113 Å². The SMILES string of the molecule is [Ce].[Te].[Te].[Te]. The predicted octanol–water partition coefficient (Wildman–Crippen LogP) is -1.14.